The van der Waals surface area contributed by atoms with Crippen LogP contribution >= 0.6 is 0 Å². The van der Waals surface area contributed by atoms with Crippen molar-refractivity contribution in [1.29, 1.82) is 0 Å². The Morgan fingerprint density at radius 3 is 2.67 bits per heavy atom. The third kappa shape index (κ3) is 3.08. The van der Waals surface area contributed by atoms with Gasteiger partial charge in [-0.3, -0.25) is 4.79 Å². The SMILES string of the molecule is Cc1ccc2cc(CCNC(=O)CO)ccc2c1. The van der Waals surface area contributed by atoms with Gasteiger partial charge in [0.1, 0.15) is 6.61 Å². The lowest BCUT2D eigenvalue weighted by Crippen LogP contribution is -2.28. The van der Waals surface area contributed by atoms with Crippen molar-refractivity contribution in [2.24, 2.45) is 0 Å². The Labute approximate surface area is 106 Å². The maximum atomic E-state index is 10.9. The summed E-state index contributed by atoms with van der Waals surface area (Å²) in [5.41, 5.74) is 2.44. The summed E-state index contributed by atoms with van der Waals surface area (Å²) in [6.45, 7) is 2.19. The van der Waals surface area contributed by atoms with Gasteiger partial charge >= 0.3 is 0 Å². The smallest absolute Gasteiger partial charge is 0.245 e. The molecule has 0 spiro atoms. The van der Waals surface area contributed by atoms with Crippen molar-refractivity contribution in [1.82, 2.24) is 5.32 Å². The number of carbonyl (C=O) groups is 1. The van der Waals surface area contributed by atoms with Gasteiger partial charge in [0.25, 0.3) is 0 Å². The summed E-state index contributed by atoms with van der Waals surface area (Å²) >= 11 is 0. The fourth-order valence-electron chi connectivity index (χ4n) is 1.97. The highest BCUT2D eigenvalue weighted by atomic mass is 16.3. The van der Waals surface area contributed by atoms with Gasteiger partial charge in [0, 0.05) is 6.54 Å². The molecule has 3 nitrogen and oxygen atoms in total. The lowest BCUT2D eigenvalue weighted by Gasteiger charge is -2.06. The number of rotatable bonds is 4. The van der Waals surface area contributed by atoms with E-state index in [-0.39, 0.29) is 5.91 Å². The van der Waals surface area contributed by atoms with E-state index < -0.39 is 6.61 Å². The molecule has 0 radical (unpaired) electrons. The van der Waals surface area contributed by atoms with Gasteiger partial charge in [-0.05, 0) is 29.7 Å². The number of fused-ring (bicyclic) bond motifs is 1. The Kier molecular flexibility index (Phi) is 3.95. The van der Waals surface area contributed by atoms with Crippen LogP contribution in [-0.4, -0.2) is 24.2 Å². The largest absolute Gasteiger partial charge is 0.387 e. The van der Waals surface area contributed by atoms with Gasteiger partial charge < -0.3 is 10.4 Å². The van der Waals surface area contributed by atoms with Crippen LogP contribution in [0, 0.1) is 6.92 Å². The zero-order chi connectivity index (χ0) is 13.0. The zero-order valence-corrected chi connectivity index (χ0v) is 10.4. The molecule has 3 heteroatoms. The van der Waals surface area contributed by atoms with E-state index in [1.165, 1.54) is 21.9 Å². The van der Waals surface area contributed by atoms with Gasteiger partial charge in [-0.15, -0.1) is 0 Å². The molecule has 0 saturated heterocycles. The summed E-state index contributed by atoms with van der Waals surface area (Å²) < 4.78 is 0. The molecule has 0 bridgehead atoms. The maximum Gasteiger partial charge on any atom is 0.245 e. The summed E-state index contributed by atoms with van der Waals surface area (Å²) in [6, 6.07) is 12.7. The van der Waals surface area contributed by atoms with Crippen molar-refractivity contribution < 1.29 is 9.90 Å². The van der Waals surface area contributed by atoms with Crippen LogP contribution < -0.4 is 5.32 Å². The van der Waals surface area contributed by atoms with Gasteiger partial charge in [-0.25, -0.2) is 0 Å². The van der Waals surface area contributed by atoms with Crippen molar-refractivity contribution in [2.45, 2.75) is 13.3 Å². The van der Waals surface area contributed by atoms with Crippen molar-refractivity contribution in [3.8, 4) is 0 Å². The van der Waals surface area contributed by atoms with Crippen LogP contribution in [0.5, 0.6) is 0 Å². The molecule has 2 N–H and O–H groups in total. The number of carbonyl (C=O) groups excluding carboxylic acids is 1. The molecule has 0 aliphatic carbocycles. The Hall–Kier alpha value is -1.87. The lowest BCUT2D eigenvalue weighted by molar-refractivity contribution is -0.123. The van der Waals surface area contributed by atoms with Gasteiger partial charge in [0.05, 0.1) is 0 Å². The number of nitrogens with one attached hydrogen (secondary N) is 1. The molecule has 1 amide bonds. The van der Waals surface area contributed by atoms with Gasteiger partial charge in [-0.2, -0.15) is 0 Å². The molecule has 0 heterocycles. The van der Waals surface area contributed by atoms with Crippen molar-refractivity contribution in [3.05, 3.63) is 47.5 Å². The quantitative estimate of drug-likeness (QED) is 0.860. The fourth-order valence-corrected chi connectivity index (χ4v) is 1.97. The number of benzene rings is 2. The second-order valence-electron chi connectivity index (χ2n) is 4.44. The molecule has 0 unspecified atom stereocenters. The third-order valence-electron chi connectivity index (χ3n) is 2.94. The van der Waals surface area contributed by atoms with Gasteiger partial charge in [0.2, 0.25) is 5.91 Å². The van der Waals surface area contributed by atoms with E-state index in [1.54, 1.807) is 0 Å². The number of amides is 1. The molecule has 2 aromatic rings. The molecule has 0 aromatic heterocycles. The lowest BCUT2D eigenvalue weighted by atomic mass is 10.0. The minimum Gasteiger partial charge on any atom is -0.387 e. The van der Waals surface area contributed by atoms with E-state index in [0.29, 0.717) is 6.54 Å². The molecule has 0 saturated carbocycles. The normalized spacial score (nSPS) is 10.6. The van der Waals surface area contributed by atoms with E-state index in [2.05, 4.69) is 48.6 Å². The standard InChI is InChI=1S/C15H17NO2/c1-11-2-4-14-9-12(3-5-13(14)8-11)6-7-16-15(18)10-17/h2-5,8-9,17H,6-7,10H2,1H3,(H,16,18). The molecule has 0 fully saturated rings. The Bertz CT molecular complexity index is 563. The number of aryl methyl sites for hydroxylation is 1. The molecule has 0 aliphatic rings. The Balaban J connectivity index is 2.06. The van der Waals surface area contributed by atoms with E-state index in [1.807, 2.05) is 0 Å². The van der Waals surface area contributed by atoms with E-state index in [0.717, 1.165) is 6.42 Å². The first-order valence-corrected chi connectivity index (χ1v) is 6.06. The summed E-state index contributed by atoms with van der Waals surface area (Å²) in [6.07, 6.45) is 0.773. The third-order valence-corrected chi connectivity index (χ3v) is 2.94. The first kappa shape index (κ1) is 12.6. The zero-order valence-electron chi connectivity index (χ0n) is 10.4. The number of hydrogen-bond donors (Lipinski definition) is 2. The molecule has 2 aromatic carbocycles. The summed E-state index contributed by atoms with van der Waals surface area (Å²) in [4.78, 5) is 10.9. The Morgan fingerprint density at radius 1 is 1.17 bits per heavy atom. The van der Waals surface area contributed by atoms with Crippen LogP contribution in [0.1, 0.15) is 11.1 Å². The van der Waals surface area contributed by atoms with Crippen LogP contribution in [-0.2, 0) is 11.2 Å². The van der Waals surface area contributed by atoms with Crippen molar-refractivity contribution in [2.75, 3.05) is 13.2 Å². The highest BCUT2D eigenvalue weighted by molar-refractivity contribution is 5.83. The molecule has 18 heavy (non-hydrogen) atoms. The van der Waals surface area contributed by atoms with Gasteiger partial charge in [-0.1, -0.05) is 42.0 Å². The molecule has 94 valence electrons. The monoisotopic (exact) mass is 243 g/mol. The minimum absolute atomic E-state index is 0.327. The maximum absolute atomic E-state index is 10.9. The average molecular weight is 243 g/mol. The molecular weight excluding hydrogens is 226 g/mol. The van der Waals surface area contributed by atoms with Crippen LogP contribution in [0.3, 0.4) is 0 Å². The van der Waals surface area contributed by atoms with Crippen molar-refractivity contribution in [3.63, 3.8) is 0 Å². The molecule has 0 aliphatic heterocycles. The van der Waals surface area contributed by atoms with Crippen LogP contribution in [0.4, 0.5) is 0 Å². The van der Waals surface area contributed by atoms with Crippen molar-refractivity contribution >= 4 is 16.7 Å². The predicted octanol–water partition coefficient (Wildman–Crippen LogP) is 1.80. The summed E-state index contributed by atoms with van der Waals surface area (Å²) in [7, 11) is 0. The fraction of sp³-hybridized carbons (Fsp3) is 0.267. The van der Waals surface area contributed by atoms with Gasteiger partial charge in [0.15, 0.2) is 0 Å². The Morgan fingerprint density at radius 2 is 1.89 bits per heavy atom. The first-order valence-electron chi connectivity index (χ1n) is 6.06. The topological polar surface area (TPSA) is 49.3 Å². The molecule has 0 atom stereocenters. The summed E-state index contributed by atoms with van der Waals surface area (Å²) in [5, 5.41) is 13.7. The first-order chi connectivity index (χ1) is 8.69. The van der Waals surface area contributed by atoms with E-state index in [4.69, 9.17) is 5.11 Å². The minimum atomic E-state index is -0.447. The predicted molar refractivity (Wildman–Crippen MR) is 72.5 cm³/mol. The number of hydrogen-bond acceptors (Lipinski definition) is 2. The van der Waals surface area contributed by atoms with E-state index in [9.17, 15) is 4.79 Å². The van der Waals surface area contributed by atoms with E-state index >= 15 is 0 Å². The highest BCUT2D eigenvalue weighted by Crippen LogP contribution is 2.17. The second-order valence-corrected chi connectivity index (χ2v) is 4.44. The van der Waals surface area contributed by atoms with Crippen LogP contribution in [0.15, 0.2) is 36.4 Å². The summed E-state index contributed by atoms with van der Waals surface area (Å²) in [5.74, 6) is -0.327. The molecular formula is C15H17NO2. The van der Waals surface area contributed by atoms with Crippen LogP contribution in [0.25, 0.3) is 10.8 Å². The second kappa shape index (κ2) is 5.65. The van der Waals surface area contributed by atoms with Crippen LogP contribution in [0.2, 0.25) is 0 Å². The number of aliphatic hydroxyl groups excluding tert-OH is 1. The average Bonchev–Trinajstić information content (AvgIpc) is 2.38. The highest BCUT2D eigenvalue weighted by Gasteiger charge is 1.99. The number of aliphatic hydroxyl groups is 1. The molecule has 2 rings (SSSR count).